The molecule has 0 N–H and O–H groups in total. The lowest BCUT2D eigenvalue weighted by atomic mass is 10.1. The van der Waals surface area contributed by atoms with E-state index in [-0.39, 0.29) is 11.1 Å². The normalized spacial score (nSPS) is 17.1. The molecule has 112 valence electrons. The largest absolute Gasteiger partial charge is 0.419 e. The SMILES string of the molecule is CC1(C)OC(=O)C(=Cc2cc3cccnc3cc2F)C(=O)O1. The van der Waals surface area contributed by atoms with Gasteiger partial charge in [0.2, 0.25) is 0 Å². The second-order valence-corrected chi connectivity index (χ2v) is 5.31. The summed E-state index contributed by atoms with van der Waals surface area (Å²) in [6.07, 6.45) is 2.68. The number of pyridine rings is 1. The minimum Gasteiger partial charge on any atom is -0.419 e. The number of hydrogen-bond donors (Lipinski definition) is 0. The van der Waals surface area contributed by atoms with E-state index in [1.54, 1.807) is 18.3 Å². The number of carbonyl (C=O) groups excluding carboxylic acids is 2. The molecule has 6 heteroatoms. The molecular weight excluding hydrogens is 289 g/mol. The average Bonchev–Trinajstić information content (AvgIpc) is 2.42. The number of cyclic esters (lactones) is 2. The Kier molecular flexibility index (Phi) is 3.16. The fourth-order valence-corrected chi connectivity index (χ4v) is 2.16. The first kappa shape index (κ1) is 14.2. The van der Waals surface area contributed by atoms with Crippen molar-refractivity contribution in [3.63, 3.8) is 0 Å². The minimum atomic E-state index is -1.32. The molecule has 0 spiro atoms. The van der Waals surface area contributed by atoms with Crippen molar-refractivity contribution in [2.75, 3.05) is 0 Å². The number of esters is 2. The van der Waals surface area contributed by atoms with Crippen molar-refractivity contribution in [1.29, 1.82) is 0 Å². The van der Waals surface area contributed by atoms with Crippen LogP contribution in [0.5, 0.6) is 0 Å². The Morgan fingerprint density at radius 3 is 2.55 bits per heavy atom. The summed E-state index contributed by atoms with van der Waals surface area (Å²) < 4.78 is 24.0. The second-order valence-electron chi connectivity index (χ2n) is 5.31. The molecule has 0 bridgehead atoms. The van der Waals surface area contributed by atoms with Crippen molar-refractivity contribution in [3.8, 4) is 0 Å². The van der Waals surface area contributed by atoms with Crippen LogP contribution in [-0.2, 0) is 19.1 Å². The topological polar surface area (TPSA) is 65.5 Å². The zero-order chi connectivity index (χ0) is 15.9. The number of aromatic nitrogens is 1. The Hall–Kier alpha value is -2.76. The van der Waals surface area contributed by atoms with Crippen LogP contribution in [0.2, 0.25) is 0 Å². The number of halogens is 1. The van der Waals surface area contributed by atoms with Crippen molar-refractivity contribution in [2.45, 2.75) is 19.6 Å². The van der Waals surface area contributed by atoms with Crippen LogP contribution in [0.25, 0.3) is 17.0 Å². The summed E-state index contributed by atoms with van der Waals surface area (Å²) >= 11 is 0. The van der Waals surface area contributed by atoms with Gasteiger partial charge in [0, 0.05) is 37.1 Å². The number of ether oxygens (including phenoxy) is 2. The first-order chi connectivity index (χ1) is 10.4. The molecule has 0 atom stereocenters. The average molecular weight is 301 g/mol. The minimum absolute atomic E-state index is 0.0871. The van der Waals surface area contributed by atoms with Crippen LogP contribution in [0.1, 0.15) is 19.4 Å². The Bertz CT molecular complexity index is 804. The third-order valence-electron chi connectivity index (χ3n) is 3.14. The molecule has 0 unspecified atom stereocenters. The van der Waals surface area contributed by atoms with Crippen LogP contribution < -0.4 is 0 Å². The van der Waals surface area contributed by atoms with Crippen LogP contribution in [0.4, 0.5) is 4.39 Å². The van der Waals surface area contributed by atoms with Crippen molar-refractivity contribution >= 4 is 28.9 Å². The molecule has 1 aromatic heterocycles. The van der Waals surface area contributed by atoms with E-state index >= 15 is 0 Å². The maximum Gasteiger partial charge on any atom is 0.348 e. The van der Waals surface area contributed by atoms with Gasteiger partial charge >= 0.3 is 11.9 Å². The van der Waals surface area contributed by atoms with Crippen LogP contribution in [0.3, 0.4) is 0 Å². The van der Waals surface area contributed by atoms with Crippen LogP contribution in [0, 0.1) is 5.82 Å². The highest BCUT2D eigenvalue weighted by molar-refractivity contribution is 6.19. The second kappa shape index (κ2) is 4.91. The zero-order valence-electron chi connectivity index (χ0n) is 11.9. The maximum atomic E-state index is 14.1. The van der Waals surface area contributed by atoms with E-state index in [4.69, 9.17) is 9.47 Å². The Labute approximate surface area is 125 Å². The first-order valence-corrected chi connectivity index (χ1v) is 6.58. The lowest BCUT2D eigenvalue weighted by molar-refractivity contribution is -0.222. The van der Waals surface area contributed by atoms with Gasteiger partial charge in [-0.1, -0.05) is 6.07 Å². The molecule has 0 saturated carbocycles. The fourth-order valence-electron chi connectivity index (χ4n) is 2.16. The number of fused-ring (bicyclic) bond motifs is 1. The van der Waals surface area contributed by atoms with Gasteiger partial charge in [0.05, 0.1) is 5.52 Å². The van der Waals surface area contributed by atoms with Gasteiger partial charge in [-0.3, -0.25) is 4.98 Å². The lowest BCUT2D eigenvalue weighted by Crippen LogP contribution is -2.41. The van der Waals surface area contributed by atoms with Gasteiger partial charge in [0.15, 0.2) is 0 Å². The number of benzene rings is 1. The zero-order valence-corrected chi connectivity index (χ0v) is 11.9. The summed E-state index contributed by atoms with van der Waals surface area (Å²) in [5, 5.41) is 0.689. The van der Waals surface area contributed by atoms with Gasteiger partial charge in [-0.05, 0) is 18.2 Å². The maximum absolute atomic E-state index is 14.1. The molecule has 1 aliphatic heterocycles. The molecule has 0 amide bonds. The third-order valence-corrected chi connectivity index (χ3v) is 3.14. The predicted octanol–water partition coefficient (Wildman–Crippen LogP) is 2.59. The smallest absolute Gasteiger partial charge is 0.348 e. The quantitative estimate of drug-likeness (QED) is 0.460. The fraction of sp³-hybridized carbons (Fsp3) is 0.188. The van der Waals surface area contributed by atoms with E-state index in [0.717, 1.165) is 6.08 Å². The van der Waals surface area contributed by atoms with E-state index in [1.165, 1.54) is 26.0 Å². The van der Waals surface area contributed by atoms with E-state index < -0.39 is 23.5 Å². The molecule has 22 heavy (non-hydrogen) atoms. The molecule has 1 fully saturated rings. The van der Waals surface area contributed by atoms with E-state index in [1.807, 2.05) is 0 Å². The van der Waals surface area contributed by atoms with Crippen LogP contribution in [0.15, 0.2) is 36.0 Å². The number of hydrogen-bond acceptors (Lipinski definition) is 5. The molecule has 1 saturated heterocycles. The highest BCUT2D eigenvalue weighted by Crippen LogP contribution is 2.26. The van der Waals surface area contributed by atoms with Crippen molar-refractivity contribution in [1.82, 2.24) is 4.98 Å². The molecule has 1 aromatic carbocycles. The predicted molar refractivity (Wildman–Crippen MR) is 75.9 cm³/mol. The van der Waals surface area contributed by atoms with Gasteiger partial charge in [-0.25, -0.2) is 14.0 Å². The molecular formula is C16H12FNO4. The Morgan fingerprint density at radius 1 is 1.18 bits per heavy atom. The first-order valence-electron chi connectivity index (χ1n) is 6.58. The van der Waals surface area contributed by atoms with E-state index in [0.29, 0.717) is 10.9 Å². The number of rotatable bonds is 1. The van der Waals surface area contributed by atoms with Crippen LogP contribution in [-0.4, -0.2) is 22.7 Å². The highest BCUT2D eigenvalue weighted by Gasteiger charge is 2.38. The Morgan fingerprint density at radius 2 is 1.86 bits per heavy atom. The summed E-state index contributed by atoms with van der Waals surface area (Å²) in [4.78, 5) is 27.8. The summed E-state index contributed by atoms with van der Waals surface area (Å²) in [5.41, 5.74) is 0.225. The third kappa shape index (κ3) is 2.55. The highest BCUT2D eigenvalue weighted by atomic mass is 19.1. The Balaban J connectivity index is 2.06. The molecule has 0 aliphatic carbocycles. The van der Waals surface area contributed by atoms with Gasteiger partial charge in [0.1, 0.15) is 11.4 Å². The van der Waals surface area contributed by atoms with Gasteiger partial charge < -0.3 is 9.47 Å². The van der Waals surface area contributed by atoms with Gasteiger partial charge in [0.25, 0.3) is 5.79 Å². The summed E-state index contributed by atoms with van der Waals surface area (Å²) in [7, 11) is 0. The van der Waals surface area contributed by atoms with Crippen molar-refractivity contribution in [2.24, 2.45) is 0 Å². The standard InChI is InChI=1S/C16H12FNO4/c1-16(2)21-14(19)11(15(20)22-16)7-10-6-9-4-3-5-18-13(9)8-12(10)17/h3-8H,1-2H3. The number of nitrogens with zero attached hydrogens (tertiary/aromatic N) is 1. The van der Waals surface area contributed by atoms with Gasteiger partial charge in [-0.2, -0.15) is 0 Å². The summed E-state index contributed by atoms with van der Waals surface area (Å²) in [6.45, 7) is 2.89. The molecule has 0 radical (unpaired) electrons. The molecule has 2 heterocycles. The molecule has 1 aliphatic rings. The number of carbonyl (C=O) groups is 2. The van der Waals surface area contributed by atoms with Crippen LogP contribution >= 0.6 is 0 Å². The summed E-state index contributed by atoms with van der Waals surface area (Å²) in [5.74, 6) is -3.60. The summed E-state index contributed by atoms with van der Waals surface area (Å²) in [6, 6.07) is 6.21. The van der Waals surface area contributed by atoms with Crippen molar-refractivity contribution < 1.29 is 23.5 Å². The molecule has 5 nitrogen and oxygen atoms in total. The molecule has 2 aromatic rings. The van der Waals surface area contributed by atoms with Crippen molar-refractivity contribution in [3.05, 3.63) is 47.4 Å². The van der Waals surface area contributed by atoms with E-state index in [2.05, 4.69) is 4.98 Å². The molecule has 3 rings (SSSR count). The monoisotopic (exact) mass is 301 g/mol. The van der Waals surface area contributed by atoms with E-state index in [9.17, 15) is 14.0 Å². The van der Waals surface area contributed by atoms with Gasteiger partial charge in [-0.15, -0.1) is 0 Å². The lowest BCUT2D eigenvalue weighted by Gasteiger charge is -2.29.